The molecule has 0 aliphatic carbocycles. The van der Waals surface area contributed by atoms with Gasteiger partial charge in [-0.05, 0) is 54.6 Å². The molecule has 0 unspecified atom stereocenters. The highest BCUT2D eigenvalue weighted by Crippen LogP contribution is 2.33. The van der Waals surface area contributed by atoms with Crippen LogP contribution >= 0.6 is 11.6 Å². The Bertz CT molecular complexity index is 1200. The third kappa shape index (κ3) is 4.82. The summed E-state index contributed by atoms with van der Waals surface area (Å²) in [5.74, 6) is 0.927. The molecule has 3 aromatic carbocycles. The van der Waals surface area contributed by atoms with Crippen LogP contribution in [0.15, 0.2) is 89.9 Å². The number of halogens is 1. The van der Waals surface area contributed by atoms with E-state index in [1.165, 1.54) is 0 Å². The summed E-state index contributed by atoms with van der Waals surface area (Å²) in [6.45, 7) is 4.00. The van der Waals surface area contributed by atoms with E-state index in [0.29, 0.717) is 40.1 Å². The van der Waals surface area contributed by atoms with Gasteiger partial charge in [0.25, 0.3) is 5.91 Å². The zero-order chi connectivity index (χ0) is 21.6. The minimum Gasteiger partial charge on any atom is -0.490 e. The maximum absolute atomic E-state index is 12.7. The van der Waals surface area contributed by atoms with Crippen molar-refractivity contribution in [2.45, 2.75) is 0 Å². The van der Waals surface area contributed by atoms with Gasteiger partial charge in [0.15, 0.2) is 0 Å². The number of hydrogen-bond acceptors (Lipinski definition) is 5. The zero-order valence-electron chi connectivity index (χ0n) is 16.4. The van der Waals surface area contributed by atoms with Crippen LogP contribution in [0, 0.1) is 0 Å². The van der Waals surface area contributed by atoms with Crippen LogP contribution in [0.4, 0.5) is 5.69 Å². The molecule has 4 rings (SSSR count). The second kappa shape index (κ2) is 9.28. The average molecular weight is 432 g/mol. The maximum atomic E-state index is 12.7. The van der Waals surface area contributed by atoms with E-state index in [1.54, 1.807) is 48.5 Å². The molecule has 6 nitrogen and oxygen atoms in total. The number of rotatable bonds is 7. The van der Waals surface area contributed by atoms with Gasteiger partial charge in [-0.2, -0.15) is 0 Å². The van der Waals surface area contributed by atoms with Crippen LogP contribution in [0.2, 0.25) is 5.02 Å². The van der Waals surface area contributed by atoms with Crippen molar-refractivity contribution in [1.29, 1.82) is 0 Å². The van der Waals surface area contributed by atoms with E-state index >= 15 is 0 Å². The van der Waals surface area contributed by atoms with Crippen LogP contribution in [0.25, 0.3) is 22.9 Å². The summed E-state index contributed by atoms with van der Waals surface area (Å²) in [5.41, 5.74) is 2.32. The molecular weight excluding hydrogens is 414 g/mol. The number of anilines is 1. The summed E-state index contributed by atoms with van der Waals surface area (Å²) in [7, 11) is 0. The summed E-state index contributed by atoms with van der Waals surface area (Å²) in [4.78, 5) is 12.7. The van der Waals surface area contributed by atoms with E-state index < -0.39 is 0 Å². The molecule has 1 amide bonds. The van der Waals surface area contributed by atoms with Crippen molar-refractivity contribution in [1.82, 2.24) is 10.2 Å². The minimum absolute atomic E-state index is 0.259. The van der Waals surface area contributed by atoms with Crippen LogP contribution < -0.4 is 10.1 Å². The standard InChI is InChI=1S/C24H18ClN3O3/c1-2-14-30-19-12-13-21(26-22(29)16-8-10-18(25)11-9-16)20(15-19)24-28-27-23(31-24)17-6-4-3-5-7-17/h2-13,15H,1,14H2,(H,26,29). The number of hydrogen-bond donors (Lipinski definition) is 1. The fourth-order valence-electron chi connectivity index (χ4n) is 2.88. The fourth-order valence-corrected chi connectivity index (χ4v) is 3.01. The van der Waals surface area contributed by atoms with Crippen molar-refractivity contribution in [2.75, 3.05) is 11.9 Å². The molecule has 154 valence electrons. The monoisotopic (exact) mass is 431 g/mol. The number of nitrogens with zero attached hydrogens (tertiary/aromatic N) is 2. The summed E-state index contributed by atoms with van der Waals surface area (Å²) < 4.78 is 11.5. The van der Waals surface area contributed by atoms with Gasteiger partial charge in [-0.15, -0.1) is 10.2 Å². The van der Waals surface area contributed by atoms with Gasteiger partial charge in [-0.3, -0.25) is 4.79 Å². The second-order valence-electron chi connectivity index (χ2n) is 6.55. The van der Waals surface area contributed by atoms with Crippen molar-refractivity contribution >= 4 is 23.2 Å². The maximum Gasteiger partial charge on any atom is 0.255 e. The first-order valence-corrected chi connectivity index (χ1v) is 9.86. The molecule has 0 aliphatic heterocycles. The predicted molar refractivity (Wildman–Crippen MR) is 120 cm³/mol. The minimum atomic E-state index is -0.291. The highest BCUT2D eigenvalue weighted by molar-refractivity contribution is 6.30. The highest BCUT2D eigenvalue weighted by atomic mass is 35.5. The van der Waals surface area contributed by atoms with Gasteiger partial charge in [-0.25, -0.2) is 0 Å². The molecule has 0 bridgehead atoms. The van der Waals surface area contributed by atoms with Crippen LogP contribution in [0.1, 0.15) is 10.4 Å². The van der Waals surface area contributed by atoms with E-state index in [1.807, 2.05) is 30.3 Å². The molecule has 1 heterocycles. The first kappa shape index (κ1) is 20.4. The molecular formula is C24H18ClN3O3. The lowest BCUT2D eigenvalue weighted by Gasteiger charge is -2.11. The zero-order valence-corrected chi connectivity index (χ0v) is 17.2. The van der Waals surface area contributed by atoms with Gasteiger partial charge in [0, 0.05) is 16.1 Å². The van der Waals surface area contributed by atoms with E-state index in [9.17, 15) is 4.79 Å². The van der Waals surface area contributed by atoms with Gasteiger partial charge in [0.2, 0.25) is 11.8 Å². The molecule has 0 saturated heterocycles. The number of benzene rings is 3. The fraction of sp³-hybridized carbons (Fsp3) is 0.0417. The molecule has 0 atom stereocenters. The average Bonchev–Trinajstić information content (AvgIpc) is 3.29. The molecule has 1 aromatic heterocycles. The highest BCUT2D eigenvalue weighted by Gasteiger charge is 2.17. The Morgan fingerprint density at radius 3 is 2.52 bits per heavy atom. The van der Waals surface area contributed by atoms with E-state index in [4.69, 9.17) is 20.8 Å². The molecule has 1 N–H and O–H groups in total. The van der Waals surface area contributed by atoms with Gasteiger partial charge in [0.1, 0.15) is 12.4 Å². The normalized spacial score (nSPS) is 10.5. The summed E-state index contributed by atoms with van der Waals surface area (Å²) in [5, 5.41) is 11.8. The Morgan fingerprint density at radius 2 is 1.77 bits per heavy atom. The Hall–Kier alpha value is -3.90. The smallest absolute Gasteiger partial charge is 0.255 e. The molecule has 0 saturated carbocycles. The van der Waals surface area contributed by atoms with E-state index in [2.05, 4.69) is 22.1 Å². The number of carbonyl (C=O) groups is 1. The topological polar surface area (TPSA) is 77.2 Å². The number of carbonyl (C=O) groups excluding carboxylic acids is 1. The third-order valence-electron chi connectivity index (χ3n) is 4.39. The first-order chi connectivity index (χ1) is 15.1. The van der Waals surface area contributed by atoms with Gasteiger partial charge < -0.3 is 14.5 Å². The van der Waals surface area contributed by atoms with Crippen molar-refractivity contribution in [2.24, 2.45) is 0 Å². The van der Waals surface area contributed by atoms with Gasteiger partial charge in [-0.1, -0.05) is 42.5 Å². The van der Waals surface area contributed by atoms with Crippen LogP contribution in [0.3, 0.4) is 0 Å². The Morgan fingerprint density at radius 1 is 1.03 bits per heavy atom. The SMILES string of the molecule is C=CCOc1ccc(NC(=O)c2ccc(Cl)cc2)c(-c2nnc(-c3ccccc3)o2)c1. The molecule has 4 aromatic rings. The molecule has 0 fully saturated rings. The van der Waals surface area contributed by atoms with Crippen LogP contribution in [0.5, 0.6) is 5.75 Å². The Labute approximate surface area is 184 Å². The lowest BCUT2D eigenvalue weighted by Crippen LogP contribution is -2.12. The summed E-state index contributed by atoms with van der Waals surface area (Å²) in [6, 6.07) is 21.3. The molecule has 31 heavy (non-hydrogen) atoms. The third-order valence-corrected chi connectivity index (χ3v) is 4.64. The van der Waals surface area contributed by atoms with Crippen molar-refractivity contribution in [3.8, 4) is 28.7 Å². The molecule has 7 heteroatoms. The van der Waals surface area contributed by atoms with E-state index in [0.717, 1.165) is 5.56 Å². The molecule has 0 spiro atoms. The molecule has 0 radical (unpaired) electrons. The number of amides is 1. The first-order valence-electron chi connectivity index (χ1n) is 9.48. The number of aromatic nitrogens is 2. The van der Waals surface area contributed by atoms with E-state index in [-0.39, 0.29) is 11.8 Å². The Balaban J connectivity index is 1.69. The largest absolute Gasteiger partial charge is 0.490 e. The predicted octanol–water partition coefficient (Wildman–Crippen LogP) is 5.87. The Kier molecular flexibility index (Phi) is 6.10. The number of nitrogens with one attached hydrogen (secondary N) is 1. The van der Waals surface area contributed by atoms with Gasteiger partial charge in [0.05, 0.1) is 11.3 Å². The van der Waals surface area contributed by atoms with Crippen LogP contribution in [-0.2, 0) is 0 Å². The van der Waals surface area contributed by atoms with Crippen molar-refractivity contribution in [3.05, 3.63) is 96.0 Å². The van der Waals surface area contributed by atoms with Crippen molar-refractivity contribution in [3.63, 3.8) is 0 Å². The van der Waals surface area contributed by atoms with Gasteiger partial charge >= 0.3 is 0 Å². The lowest BCUT2D eigenvalue weighted by atomic mass is 10.1. The summed E-state index contributed by atoms with van der Waals surface area (Å²) in [6.07, 6.45) is 1.65. The second-order valence-corrected chi connectivity index (χ2v) is 6.98. The quantitative estimate of drug-likeness (QED) is 0.370. The number of ether oxygens (including phenoxy) is 1. The van der Waals surface area contributed by atoms with Crippen molar-refractivity contribution < 1.29 is 13.9 Å². The lowest BCUT2D eigenvalue weighted by molar-refractivity contribution is 0.102. The summed E-state index contributed by atoms with van der Waals surface area (Å²) >= 11 is 5.91. The van der Waals surface area contributed by atoms with Crippen LogP contribution in [-0.4, -0.2) is 22.7 Å². The molecule has 0 aliphatic rings.